The van der Waals surface area contributed by atoms with Crippen LogP contribution in [0.25, 0.3) is 5.69 Å². The second-order valence-corrected chi connectivity index (χ2v) is 6.56. The van der Waals surface area contributed by atoms with Crippen LogP contribution in [0.3, 0.4) is 0 Å². The van der Waals surface area contributed by atoms with Crippen molar-refractivity contribution in [2.45, 2.75) is 46.6 Å². The molecule has 0 aliphatic carbocycles. The summed E-state index contributed by atoms with van der Waals surface area (Å²) in [5.74, 6) is -0.0661. The van der Waals surface area contributed by atoms with Crippen molar-refractivity contribution >= 4 is 17.5 Å². The SMILES string of the molecule is Cc1ccc(-n2nc(C)c(CC(=O)NC(C)CCO)c2C)cc1Cl. The van der Waals surface area contributed by atoms with Crippen molar-refractivity contribution in [1.82, 2.24) is 15.1 Å². The third-order valence-electron chi connectivity index (χ3n) is 4.15. The van der Waals surface area contributed by atoms with Crippen molar-refractivity contribution in [3.05, 3.63) is 45.7 Å². The van der Waals surface area contributed by atoms with Gasteiger partial charge in [0.15, 0.2) is 0 Å². The highest BCUT2D eigenvalue weighted by atomic mass is 35.5. The molecule has 24 heavy (non-hydrogen) atoms. The minimum absolute atomic E-state index is 0.0472. The van der Waals surface area contributed by atoms with E-state index in [1.165, 1.54) is 0 Å². The average molecular weight is 350 g/mol. The maximum Gasteiger partial charge on any atom is 0.224 e. The van der Waals surface area contributed by atoms with Crippen LogP contribution in [0.4, 0.5) is 0 Å². The minimum Gasteiger partial charge on any atom is -0.396 e. The Labute approximate surface area is 147 Å². The van der Waals surface area contributed by atoms with Crippen LogP contribution in [0.1, 0.15) is 35.9 Å². The van der Waals surface area contributed by atoms with E-state index in [9.17, 15) is 4.79 Å². The lowest BCUT2D eigenvalue weighted by molar-refractivity contribution is -0.121. The van der Waals surface area contributed by atoms with Crippen LogP contribution in [-0.2, 0) is 11.2 Å². The lowest BCUT2D eigenvalue weighted by atomic mass is 10.1. The summed E-state index contributed by atoms with van der Waals surface area (Å²) in [6, 6.07) is 5.75. The zero-order chi connectivity index (χ0) is 17.9. The molecule has 0 bridgehead atoms. The predicted molar refractivity (Wildman–Crippen MR) is 95.8 cm³/mol. The van der Waals surface area contributed by atoms with E-state index in [0.717, 1.165) is 28.2 Å². The van der Waals surface area contributed by atoms with Gasteiger partial charge in [-0.3, -0.25) is 4.79 Å². The first-order valence-corrected chi connectivity index (χ1v) is 8.43. The molecule has 0 fully saturated rings. The van der Waals surface area contributed by atoms with Crippen LogP contribution in [0.2, 0.25) is 5.02 Å². The fourth-order valence-corrected chi connectivity index (χ4v) is 2.82. The number of aryl methyl sites for hydroxylation is 2. The summed E-state index contributed by atoms with van der Waals surface area (Å²) in [4.78, 5) is 12.2. The van der Waals surface area contributed by atoms with Crippen molar-refractivity contribution in [2.24, 2.45) is 0 Å². The van der Waals surface area contributed by atoms with Gasteiger partial charge in [-0.25, -0.2) is 4.68 Å². The van der Waals surface area contributed by atoms with Gasteiger partial charge in [0.25, 0.3) is 0 Å². The maximum absolute atomic E-state index is 12.2. The molecule has 0 saturated carbocycles. The van der Waals surface area contributed by atoms with E-state index >= 15 is 0 Å². The van der Waals surface area contributed by atoms with Gasteiger partial charge in [0.2, 0.25) is 5.91 Å². The summed E-state index contributed by atoms with van der Waals surface area (Å²) in [5.41, 5.74) is 4.57. The highest BCUT2D eigenvalue weighted by Gasteiger charge is 2.17. The van der Waals surface area contributed by atoms with Gasteiger partial charge in [-0.2, -0.15) is 5.10 Å². The maximum atomic E-state index is 12.2. The van der Waals surface area contributed by atoms with Crippen molar-refractivity contribution < 1.29 is 9.90 Å². The van der Waals surface area contributed by atoms with Gasteiger partial charge >= 0.3 is 0 Å². The van der Waals surface area contributed by atoms with E-state index in [1.54, 1.807) is 0 Å². The van der Waals surface area contributed by atoms with E-state index < -0.39 is 0 Å². The van der Waals surface area contributed by atoms with Crippen LogP contribution in [0, 0.1) is 20.8 Å². The van der Waals surface area contributed by atoms with Crippen LogP contribution in [-0.4, -0.2) is 33.4 Å². The van der Waals surface area contributed by atoms with Crippen LogP contribution < -0.4 is 5.32 Å². The largest absolute Gasteiger partial charge is 0.396 e. The Hall–Kier alpha value is -1.85. The Bertz CT molecular complexity index is 740. The van der Waals surface area contributed by atoms with Gasteiger partial charge in [0.1, 0.15) is 0 Å². The summed E-state index contributed by atoms with van der Waals surface area (Å²) in [6.07, 6.45) is 0.817. The number of nitrogens with one attached hydrogen (secondary N) is 1. The van der Waals surface area contributed by atoms with E-state index in [2.05, 4.69) is 10.4 Å². The molecular formula is C18H24ClN3O2. The molecular weight excluding hydrogens is 326 g/mol. The van der Waals surface area contributed by atoms with Gasteiger partial charge in [0, 0.05) is 28.9 Å². The number of nitrogens with zero attached hydrogens (tertiary/aromatic N) is 2. The molecule has 2 N–H and O–H groups in total. The second-order valence-electron chi connectivity index (χ2n) is 6.15. The number of carbonyl (C=O) groups excluding carboxylic acids is 1. The number of hydrogen-bond donors (Lipinski definition) is 2. The summed E-state index contributed by atoms with van der Waals surface area (Å²) in [6.45, 7) is 7.75. The summed E-state index contributed by atoms with van der Waals surface area (Å²) < 4.78 is 1.82. The molecule has 0 spiro atoms. The molecule has 0 aliphatic rings. The first-order valence-electron chi connectivity index (χ1n) is 8.05. The summed E-state index contributed by atoms with van der Waals surface area (Å²) in [7, 11) is 0. The molecule has 2 aromatic rings. The van der Waals surface area contributed by atoms with E-state index in [0.29, 0.717) is 11.4 Å². The topological polar surface area (TPSA) is 67.2 Å². The Kier molecular flexibility index (Phi) is 6.02. The van der Waals surface area contributed by atoms with E-state index in [1.807, 2.05) is 50.6 Å². The van der Waals surface area contributed by atoms with Gasteiger partial charge in [-0.1, -0.05) is 17.7 Å². The number of aromatic nitrogens is 2. The molecule has 1 amide bonds. The van der Waals surface area contributed by atoms with Gasteiger partial charge in [-0.15, -0.1) is 0 Å². The number of aliphatic hydroxyl groups is 1. The molecule has 130 valence electrons. The summed E-state index contributed by atoms with van der Waals surface area (Å²) >= 11 is 6.21. The van der Waals surface area contributed by atoms with E-state index in [4.69, 9.17) is 16.7 Å². The fraction of sp³-hybridized carbons (Fsp3) is 0.444. The first kappa shape index (κ1) is 18.5. The highest BCUT2D eigenvalue weighted by Crippen LogP contribution is 2.23. The molecule has 1 aromatic heterocycles. The Morgan fingerprint density at radius 2 is 2.08 bits per heavy atom. The third kappa shape index (κ3) is 4.16. The molecule has 1 heterocycles. The number of halogens is 1. The quantitative estimate of drug-likeness (QED) is 0.842. The molecule has 1 atom stereocenters. The highest BCUT2D eigenvalue weighted by molar-refractivity contribution is 6.31. The fourth-order valence-electron chi connectivity index (χ4n) is 2.65. The second kappa shape index (κ2) is 7.81. The minimum atomic E-state index is -0.0661. The number of carbonyl (C=O) groups is 1. The molecule has 2 rings (SSSR count). The van der Waals surface area contributed by atoms with Crippen molar-refractivity contribution in [3.63, 3.8) is 0 Å². The Balaban J connectivity index is 2.22. The molecule has 6 heteroatoms. The Morgan fingerprint density at radius 1 is 1.38 bits per heavy atom. The average Bonchev–Trinajstić information content (AvgIpc) is 2.78. The van der Waals surface area contributed by atoms with Crippen molar-refractivity contribution in [2.75, 3.05) is 6.61 Å². The molecule has 0 saturated heterocycles. The molecule has 0 aliphatic heterocycles. The first-order chi connectivity index (χ1) is 11.3. The zero-order valence-corrected chi connectivity index (χ0v) is 15.3. The predicted octanol–water partition coefficient (Wildman–Crippen LogP) is 2.88. The summed E-state index contributed by atoms with van der Waals surface area (Å²) in [5, 5.41) is 17.1. The Morgan fingerprint density at radius 3 is 2.71 bits per heavy atom. The number of benzene rings is 1. The van der Waals surface area contributed by atoms with Gasteiger partial charge in [-0.05, 0) is 51.8 Å². The number of hydrogen-bond acceptors (Lipinski definition) is 3. The van der Waals surface area contributed by atoms with Crippen LogP contribution in [0.15, 0.2) is 18.2 Å². The zero-order valence-electron chi connectivity index (χ0n) is 14.6. The number of amides is 1. The monoisotopic (exact) mass is 349 g/mol. The molecule has 1 aromatic carbocycles. The molecule has 1 unspecified atom stereocenters. The lowest BCUT2D eigenvalue weighted by Gasteiger charge is -2.12. The smallest absolute Gasteiger partial charge is 0.224 e. The number of rotatable bonds is 6. The van der Waals surface area contributed by atoms with E-state index in [-0.39, 0.29) is 25.0 Å². The van der Waals surface area contributed by atoms with Crippen LogP contribution in [0.5, 0.6) is 0 Å². The number of aliphatic hydroxyl groups excluding tert-OH is 1. The van der Waals surface area contributed by atoms with Crippen LogP contribution >= 0.6 is 11.6 Å². The molecule has 5 nitrogen and oxygen atoms in total. The van der Waals surface area contributed by atoms with Crippen molar-refractivity contribution in [1.29, 1.82) is 0 Å². The van der Waals surface area contributed by atoms with Crippen molar-refractivity contribution in [3.8, 4) is 5.69 Å². The standard InChI is InChI=1S/C18H24ClN3O2/c1-11-5-6-15(9-17(11)19)22-14(4)16(13(3)21-22)10-18(24)20-12(2)7-8-23/h5-6,9,12,23H,7-8,10H2,1-4H3,(H,20,24). The lowest BCUT2D eigenvalue weighted by Crippen LogP contribution is -2.34. The van der Waals surface area contributed by atoms with Gasteiger partial charge < -0.3 is 10.4 Å². The molecule has 0 radical (unpaired) electrons. The normalized spacial score (nSPS) is 12.2. The van der Waals surface area contributed by atoms with Gasteiger partial charge in [0.05, 0.1) is 17.8 Å². The third-order valence-corrected chi connectivity index (χ3v) is 4.56.